The lowest BCUT2D eigenvalue weighted by molar-refractivity contribution is -0.119. The number of carbonyl (C=O) groups is 1. The number of benzene rings is 1. The minimum atomic E-state index is -0.723. The van der Waals surface area contributed by atoms with Crippen molar-refractivity contribution < 1.29 is 4.79 Å². The smallest absolute Gasteiger partial charge is 0.267 e. The van der Waals surface area contributed by atoms with E-state index in [9.17, 15) is 4.79 Å². The summed E-state index contributed by atoms with van der Waals surface area (Å²) in [6.07, 6.45) is 4.76. The van der Waals surface area contributed by atoms with Crippen LogP contribution >= 0.6 is 0 Å². The molecule has 0 unspecified atom stereocenters. The fourth-order valence-electron chi connectivity index (χ4n) is 1.47. The largest absolute Gasteiger partial charge is 0.316 e. The Bertz CT molecular complexity index is 537. The number of amides is 1. The molecule has 0 saturated heterocycles. The van der Waals surface area contributed by atoms with Crippen molar-refractivity contribution in [2.24, 2.45) is 10.7 Å². The van der Waals surface area contributed by atoms with Crippen LogP contribution in [0.2, 0.25) is 0 Å². The molecule has 0 bridgehead atoms. The van der Waals surface area contributed by atoms with Crippen LogP contribution in [-0.2, 0) is 4.79 Å². The summed E-state index contributed by atoms with van der Waals surface area (Å²) in [4.78, 5) is 19.5. The molecule has 1 amide bonds. The normalized spacial score (nSPS) is 12.5. The monoisotopic (exact) mass is 239 g/mol. The van der Waals surface area contributed by atoms with Gasteiger partial charge in [0, 0.05) is 24.2 Å². The molecule has 2 N–H and O–H groups in total. The standard InChI is InChI=1S/C14H13N3O/c15-13(12-6-2-1-3-7-12)14(18)17-10-11-5-4-8-16-9-11/h1-10,13H,15H2/t13-/m1/s1. The van der Waals surface area contributed by atoms with Crippen molar-refractivity contribution in [2.75, 3.05) is 0 Å². The van der Waals surface area contributed by atoms with Crippen LogP contribution in [0, 0.1) is 0 Å². The lowest BCUT2D eigenvalue weighted by Crippen LogP contribution is -2.19. The second-order valence-corrected chi connectivity index (χ2v) is 3.77. The van der Waals surface area contributed by atoms with E-state index in [0.29, 0.717) is 0 Å². The molecule has 1 heterocycles. The first-order valence-electron chi connectivity index (χ1n) is 5.56. The summed E-state index contributed by atoms with van der Waals surface area (Å²) in [5.41, 5.74) is 7.35. The molecule has 1 atom stereocenters. The summed E-state index contributed by atoms with van der Waals surface area (Å²) in [6.45, 7) is 0. The van der Waals surface area contributed by atoms with Crippen molar-refractivity contribution >= 4 is 12.1 Å². The van der Waals surface area contributed by atoms with Crippen LogP contribution in [0.25, 0.3) is 0 Å². The van der Waals surface area contributed by atoms with Gasteiger partial charge in [-0.05, 0) is 11.6 Å². The van der Waals surface area contributed by atoms with Crippen LogP contribution in [-0.4, -0.2) is 17.1 Å². The van der Waals surface area contributed by atoms with E-state index >= 15 is 0 Å². The van der Waals surface area contributed by atoms with Crippen molar-refractivity contribution in [1.29, 1.82) is 0 Å². The van der Waals surface area contributed by atoms with Gasteiger partial charge >= 0.3 is 0 Å². The zero-order chi connectivity index (χ0) is 12.8. The fraction of sp³-hybridized carbons (Fsp3) is 0.0714. The number of nitrogens with two attached hydrogens (primary N) is 1. The Morgan fingerprint density at radius 1 is 1.22 bits per heavy atom. The molecule has 4 heteroatoms. The molecule has 90 valence electrons. The second-order valence-electron chi connectivity index (χ2n) is 3.77. The predicted octanol–water partition coefficient (Wildman–Crippen LogP) is 1.73. The van der Waals surface area contributed by atoms with E-state index in [1.165, 1.54) is 6.21 Å². The van der Waals surface area contributed by atoms with Gasteiger partial charge in [-0.1, -0.05) is 36.4 Å². The Balaban J connectivity index is 2.07. The summed E-state index contributed by atoms with van der Waals surface area (Å²) in [6, 6.07) is 12.0. The van der Waals surface area contributed by atoms with E-state index in [1.807, 2.05) is 36.4 Å². The van der Waals surface area contributed by atoms with Gasteiger partial charge < -0.3 is 5.73 Å². The quantitative estimate of drug-likeness (QED) is 0.829. The van der Waals surface area contributed by atoms with Gasteiger partial charge in [-0.3, -0.25) is 9.78 Å². The molecule has 0 aliphatic carbocycles. The molecule has 2 rings (SSSR count). The van der Waals surface area contributed by atoms with Crippen LogP contribution in [0.4, 0.5) is 0 Å². The number of aromatic nitrogens is 1. The number of rotatable bonds is 3. The van der Waals surface area contributed by atoms with Crippen LogP contribution < -0.4 is 5.73 Å². The van der Waals surface area contributed by atoms with Gasteiger partial charge in [0.2, 0.25) is 0 Å². The fourth-order valence-corrected chi connectivity index (χ4v) is 1.47. The third-order valence-corrected chi connectivity index (χ3v) is 2.45. The minimum Gasteiger partial charge on any atom is -0.316 e. The van der Waals surface area contributed by atoms with E-state index in [1.54, 1.807) is 18.5 Å². The van der Waals surface area contributed by atoms with Crippen molar-refractivity contribution in [3.63, 3.8) is 0 Å². The minimum absolute atomic E-state index is 0.370. The first-order chi connectivity index (χ1) is 8.77. The van der Waals surface area contributed by atoms with Gasteiger partial charge in [-0.2, -0.15) is 0 Å². The topological polar surface area (TPSA) is 68.3 Å². The van der Waals surface area contributed by atoms with Gasteiger partial charge in [0.05, 0.1) is 0 Å². The molecule has 1 aromatic heterocycles. The summed E-state index contributed by atoms with van der Waals surface area (Å²) >= 11 is 0. The third-order valence-electron chi connectivity index (χ3n) is 2.45. The molecule has 0 fully saturated rings. The van der Waals surface area contributed by atoms with Gasteiger partial charge in [0.25, 0.3) is 5.91 Å². The van der Waals surface area contributed by atoms with Gasteiger partial charge in [-0.25, -0.2) is 4.99 Å². The van der Waals surface area contributed by atoms with Crippen molar-refractivity contribution in [3.8, 4) is 0 Å². The van der Waals surface area contributed by atoms with Crippen LogP contribution in [0.3, 0.4) is 0 Å². The predicted molar refractivity (Wildman–Crippen MR) is 70.2 cm³/mol. The highest BCUT2D eigenvalue weighted by Gasteiger charge is 2.13. The Hall–Kier alpha value is -2.33. The van der Waals surface area contributed by atoms with Crippen molar-refractivity contribution in [3.05, 3.63) is 66.0 Å². The first kappa shape index (κ1) is 12.1. The molecule has 0 spiro atoms. The molecule has 2 aromatic rings. The molecule has 0 aliphatic rings. The van der Waals surface area contributed by atoms with Gasteiger partial charge in [0.15, 0.2) is 0 Å². The molecular weight excluding hydrogens is 226 g/mol. The molecule has 18 heavy (non-hydrogen) atoms. The van der Waals surface area contributed by atoms with E-state index in [0.717, 1.165) is 11.1 Å². The second kappa shape index (κ2) is 5.84. The maximum absolute atomic E-state index is 11.8. The molecule has 1 aromatic carbocycles. The Kier molecular flexibility index (Phi) is 3.94. The number of hydrogen-bond acceptors (Lipinski definition) is 3. The SMILES string of the molecule is N[C@@H](C(=O)N=Cc1cccnc1)c1ccccc1. The molecular formula is C14H13N3O. The Morgan fingerprint density at radius 2 is 2.00 bits per heavy atom. The molecule has 0 aliphatic heterocycles. The maximum atomic E-state index is 11.8. The third kappa shape index (κ3) is 3.09. The van der Waals surface area contributed by atoms with Gasteiger partial charge in [0.1, 0.15) is 6.04 Å². The van der Waals surface area contributed by atoms with E-state index in [4.69, 9.17) is 5.73 Å². The lowest BCUT2D eigenvalue weighted by atomic mass is 10.1. The highest BCUT2D eigenvalue weighted by Crippen LogP contribution is 2.10. The van der Waals surface area contributed by atoms with Crippen molar-refractivity contribution in [2.45, 2.75) is 6.04 Å². The van der Waals surface area contributed by atoms with E-state index < -0.39 is 6.04 Å². The number of hydrogen-bond donors (Lipinski definition) is 1. The number of pyridine rings is 1. The Morgan fingerprint density at radius 3 is 2.67 bits per heavy atom. The summed E-state index contributed by atoms with van der Waals surface area (Å²) in [5, 5.41) is 0. The maximum Gasteiger partial charge on any atom is 0.267 e. The van der Waals surface area contributed by atoms with Crippen LogP contribution in [0.1, 0.15) is 17.2 Å². The zero-order valence-electron chi connectivity index (χ0n) is 9.73. The summed E-state index contributed by atoms with van der Waals surface area (Å²) < 4.78 is 0. The average molecular weight is 239 g/mol. The number of nitrogens with zero attached hydrogens (tertiary/aromatic N) is 2. The molecule has 0 saturated carbocycles. The average Bonchev–Trinajstić information content (AvgIpc) is 2.46. The highest BCUT2D eigenvalue weighted by atomic mass is 16.1. The molecule has 0 radical (unpaired) electrons. The van der Waals surface area contributed by atoms with Crippen LogP contribution in [0.5, 0.6) is 0 Å². The van der Waals surface area contributed by atoms with E-state index in [2.05, 4.69) is 9.98 Å². The van der Waals surface area contributed by atoms with Crippen LogP contribution in [0.15, 0.2) is 59.9 Å². The van der Waals surface area contributed by atoms with Crippen molar-refractivity contribution in [1.82, 2.24) is 4.98 Å². The first-order valence-corrected chi connectivity index (χ1v) is 5.56. The number of carbonyl (C=O) groups excluding carboxylic acids is 1. The number of aliphatic imine (C=N–C) groups is 1. The summed E-state index contributed by atoms with van der Waals surface area (Å²) in [5.74, 6) is -0.370. The lowest BCUT2D eigenvalue weighted by Gasteiger charge is -2.06. The summed E-state index contributed by atoms with van der Waals surface area (Å²) in [7, 11) is 0. The zero-order valence-corrected chi connectivity index (χ0v) is 9.73. The van der Waals surface area contributed by atoms with E-state index in [-0.39, 0.29) is 5.91 Å². The van der Waals surface area contributed by atoms with Gasteiger partial charge in [-0.15, -0.1) is 0 Å². The highest BCUT2D eigenvalue weighted by molar-refractivity contribution is 5.94. The Labute approximate surface area is 105 Å². The molecule has 4 nitrogen and oxygen atoms in total.